The largest absolute Gasteiger partial charge is 0.444 e. The maximum Gasteiger partial charge on any atom is 0.412 e. The number of nitrogens with zero attached hydrogens (tertiary/aromatic N) is 7. The molecular formula is C18H18ClN7O2. The number of hydrogen-bond acceptors (Lipinski definition) is 6. The van der Waals surface area contributed by atoms with Crippen LogP contribution < -0.4 is 0 Å². The first-order valence-electron chi connectivity index (χ1n) is 8.67. The van der Waals surface area contributed by atoms with Crippen molar-refractivity contribution < 1.29 is 9.53 Å². The number of nitriles is 1. The minimum Gasteiger partial charge on any atom is -0.444 e. The van der Waals surface area contributed by atoms with Gasteiger partial charge < -0.3 is 4.74 Å². The molecule has 4 heterocycles. The summed E-state index contributed by atoms with van der Waals surface area (Å²) in [5, 5.41) is 18.3. The van der Waals surface area contributed by atoms with Gasteiger partial charge in [0.1, 0.15) is 10.8 Å². The fourth-order valence-corrected chi connectivity index (χ4v) is 3.29. The molecule has 1 amide bonds. The lowest BCUT2D eigenvalue weighted by Crippen LogP contribution is -2.33. The molecule has 144 valence electrons. The molecule has 3 aromatic heterocycles. The Balaban J connectivity index is 1.68. The van der Waals surface area contributed by atoms with Crippen LogP contribution in [0.15, 0.2) is 30.7 Å². The van der Waals surface area contributed by atoms with Crippen molar-refractivity contribution in [3.05, 3.63) is 35.9 Å². The molecular weight excluding hydrogens is 382 g/mol. The zero-order chi connectivity index (χ0) is 20.1. The van der Waals surface area contributed by atoms with Gasteiger partial charge in [-0.3, -0.25) is 4.90 Å². The number of halogens is 1. The molecule has 3 aromatic rings. The van der Waals surface area contributed by atoms with Crippen LogP contribution >= 0.6 is 11.6 Å². The Morgan fingerprint density at radius 1 is 1.43 bits per heavy atom. The first-order chi connectivity index (χ1) is 13.2. The maximum atomic E-state index is 12.5. The molecule has 10 heteroatoms. The first-order valence-corrected chi connectivity index (χ1v) is 9.05. The van der Waals surface area contributed by atoms with Gasteiger partial charge in [-0.25, -0.2) is 19.0 Å². The Kier molecular flexibility index (Phi) is 4.05. The molecule has 9 nitrogen and oxygen atoms in total. The quantitative estimate of drug-likeness (QED) is 0.495. The van der Waals surface area contributed by atoms with Gasteiger partial charge in [0.2, 0.25) is 0 Å². The number of hydrogen-bond donors (Lipinski definition) is 0. The monoisotopic (exact) mass is 399 g/mol. The summed E-state index contributed by atoms with van der Waals surface area (Å²) < 4.78 is 8.72. The Morgan fingerprint density at radius 2 is 2.21 bits per heavy atom. The highest BCUT2D eigenvalue weighted by Gasteiger charge is 2.59. The van der Waals surface area contributed by atoms with E-state index >= 15 is 0 Å². The van der Waals surface area contributed by atoms with Crippen LogP contribution in [0.3, 0.4) is 0 Å². The molecule has 0 N–H and O–H groups in total. The summed E-state index contributed by atoms with van der Waals surface area (Å²) in [6.07, 6.45) is 4.68. The van der Waals surface area contributed by atoms with Gasteiger partial charge in [-0.15, -0.1) is 0 Å². The van der Waals surface area contributed by atoms with E-state index in [9.17, 15) is 10.1 Å². The van der Waals surface area contributed by atoms with Crippen molar-refractivity contribution in [1.82, 2.24) is 29.3 Å². The molecule has 0 radical (unpaired) electrons. The van der Waals surface area contributed by atoms with Crippen LogP contribution in [0.5, 0.6) is 0 Å². The molecule has 1 aliphatic heterocycles. The first kappa shape index (κ1) is 18.3. The second-order valence-corrected chi connectivity index (χ2v) is 8.01. The van der Waals surface area contributed by atoms with E-state index in [1.807, 2.05) is 0 Å². The topological polar surface area (TPSA) is 101 Å². The zero-order valence-corrected chi connectivity index (χ0v) is 16.4. The van der Waals surface area contributed by atoms with Crippen molar-refractivity contribution in [3.63, 3.8) is 0 Å². The number of carbonyl (C=O) groups excluding carboxylic acids is 1. The molecule has 0 aliphatic carbocycles. The van der Waals surface area contributed by atoms with Gasteiger partial charge in [-0.2, -0.15) is 15.5 Å². The van der Waals surface area contributed by atoms with Crippen molar-refractivity contribution >= 4 is 23.3 Å². The third-order valence-electron chi connectivity index (χ3n) is 4.42. The fourth-order valence-electron chi connectivity index (χ4n) is 3.10. The van der Waals surface area contributed by atoms with Gasteiger partial charge in [0.15, 0.2) is 11.3 Å². The standard InChI is InChI=1S/C18H18ClN7O2/c1-17(2,3)28-16(27)24-11-18(24,5-6-20)25-10-12(9-22-25)13-8-14(19)23-15-4-7-21-26(13)15/h4,7-10H,5,11H2,1-3H3. The molecule has 28 heavy (non-hydrogen) atoms. The Morgan fingerprint density at radius 3 is 2.93 bits per heavy atom. The smallest absolute Gasteiger partial charge is 0.412 e. The van der Waals surface area contributed by atoms with Crippen LogP contribution in [0.25, 0.3) is 16.9 Å². The van der Waals surface area contributed by atoms with Crippen LogP contribution in [0.1, 0.15) is 27.2 Å². The third kappa shape index (κ3) is 3.05. The van der Waals surface area contributed by atoms with Crippen molar-refractivity contribution in [3.8, 4) is 17.3 Å². The molecule has 0 bridgehead atoms. The van der Waals surface area contributed by atoms with E-state index in [2.05, 4.69) is 21.3 Å². The van der Waals surface area contributed by atoms with Crippen molar-refractivity contribution in [2.75, 3.05) is 6.54 Å². The van der Waals surface area contributed by atoms with Crippen LogP contribution in [0.2, 0.25) is 5.15 Å². The normalized spacial score (nSPS) is 18.9. The van der Waals surface area contributed by atoms with Gasteiger partial charge in [0.25, 0.3) is 0 Å². The highest BCUT2D eigenvalue weighted by Crippen LogP contribution is 2.42. The second kappa shape index (κ2) is 6.21. The molecule has 1 saturated heterocycles. The number of fused-ring (bicyclic) bond motifs is 1. The Hall–Kier alpha value is -3.12. The van der Waals surface area contributed by atoms with E-state index in [0.29, 0.717) is 23.0 Å². The zero-order valence-electron chi connectivity index (χ0n) is 15.6. The highest BCUT2D eigenvalue weighted by atomic mass is 35.5. The van der Waals surface area contributed by atoms with Gasteiger partial charge in [-0.05, 0) is 20.8 Å². The number of ether oxygens (including phenoxy) is 1. The Labute approximate surface area is 166 Å². The van der Waals surface area contributed by atoms with Gasteiger partial charge in [0, 0.05) is 23.9 Å². The highest BCUT2D eigenvalue weighted by molar-refractivity contribution is 6.29. The molecule has 1 fully saturated rings. The minimum absolute atomic E-state index is 0.0989. The average molecular weight is 400 g/mol. The summed E-state index contributed by atoms with van der Waals surface area (Å²) in [4.78, 5) is 18.2. The molecule has 1 unspecified atom stereocenters. The minimum atomic E-state index is -0.852. The predicted molar refractivity (Wildman–Crippen MR) is 100 cm³/mol. The number of rotatable bonds is 3. The lowest BCUT2D eigenvalue weighted by Gasteiger charge is -2.22. The van der Waals surface area contributed by atoms with Crippen molar-refractivity contribution in [2.45, 2.75) is 38.5 Å². The van der Waals surface area contributed by atoms with E-state index in [4.69, 9.17) is 16.3 Å². The van der Waals surface area contributed by atoms with E-state index in [0.717, 1.165) is 5.56 Å². The molecule has 1 atom stereocenters. The van der Waals surface area contributed by atoms with Crippen molar-refractivity contribution in [1.29, 1.82) is 5.26 Å². The summed E-state index contributed by atoms with van der Waals surface area (Å²) in [5.74, 6) is 0. The summed E-state index contributed by atoms with van der Waals surface area (Å²) in [5.41, 5.74) is 0.598. The summed E-state index contributed by atoms with van der Waals surface area (Å²) in [6.45, 7) is 5.75. The number of aromatic nitrogens is 5. The summed E-state index contributed by atoms with van der Waals surface area (Å²) >= 11 is 6.12. The average Bonchev–Trinajstić information content (AvgIpc) is 2.97. The maximum absolute atomic E-state index is 12.5. The van der Waals surface area contributed by atoms with E-state index in [-0.39, 0.29) is 6.42 Å². The fraction of sp³-hybridized carbons (Fsp3) is 0.389. The van der Waals surface area contributed by atoms with Gasteiger partial charge >= 0.3 is 6.09 Å². The van der Waals surface area contributed by atoms with Crippen LogP contribution in [-0.2, 0) is 10.4 Å². The van der Waals surface area contributed by atoms with Crippen LogP contribution in [0, 0.1) is 11.3 Å². The molecule has 0 spiro atoms. The number of carbonyl (C=O) groups is 1. The van der Waals surface area contributed by atoms with Crippen LogP contribution in [0.4, 0.5) is 4.79 Å². The lowest BCUT2D eigenvalue weighted by molar-refractivity contribution is 0.0345. The molecule has 1 aliphatic rings. The van der Waals surface area contributed by atoms with E-state index < -0.39 is 17.4 Å². The SMILES string of the molecule is CC(C)(C)OC(=O)N1CC1(CC#N)n1cc(-c2cc(Cl)nc3ccnn23)cn1. The predicted octanol–water partition coefficient (Wildman–Crippen LogP) is 3.06. The van der Waals surface area contributed by atoms with E-state index in [1.165, 1.54) is 4.90 Å². The van der Waals surface area contributed by atoms with Crippen molar-refractivity contribution in [2.24, 2.45) is 0 Å². The summed E-state index contributed by atoms with van der Waals surface area (Å²) in [6, 6.07) is 5.59. The van der Waals surface area contributed by atoms with Gasteiger partial charge in [-0.1, -0.05) is 11.6 Å². The van der Waals surface area contributed by atoms with E-state index in [1.54, 1.807) is 60.7 Å². The summed E-state index contributed by atoms with van der Waals surface area (Å²) in [7, 11) is 0. The molecule has 4 rings (SSSR count). The Bertz CT molecular complexity index is 1110. The number of amides is 1. The van der Waals surface area contributed by atoms with Crippen LogP contribution in [-0.4, -0.2) is 47.5 Å². The molecule has 0 aromatic carbocycles. The second-order valence-electron chi connectivity index (χ2n) is 7.62. The van der Waals surface area contributed by atoms with Gasteiger partial charge in [0.05, 0.1) is 37.1 Å². The lowest BCUT2D eigenvalue weighted by atomic mass is 10.2. The third-order valence-corrected chi connectivity index (χ3v) is 4.61. The molecule has 0 saturated carbocycles.